The van der Waals surface area contributed by atoms with Gasteiger partial charge in [0, 0.05) is 36.1 Å². The minimum Gasteiger partial charge on any atom is -0.464 e. The Hall–Kier alpha value is -2.73. The quantitative estimate of drug-likeness (QED) is 0.303. The van der Waals surface area contributed by atoms with Gasteiger partial charge in [0.05, 0.1) is 23.4 Å². The van der Waals surface area contributed by atoms with E-state index < -0.39 is 39.6 Å². The summed E-state index contributed by atoms with van der Waals surface area (Å²) < 4.78 is 99.8. The van der Waals surface area contributed by atoms with Crippen molar-refractivity contribution in [1.29, 1.82) is 0 Å². The Labute approximate surface area is 191 Å². The average Bonchev–Trinajstić information content (AvgIpc) is 3.31. The zero-order valence-electron chi connectivity index (χ0n) is 16.5. The van der Waals surface area contributed by atoms with Crippen LogP contribution < -0.4 is 0 Å². The predicted molar refractivity (Wildman–Crippen MR) is 104 cm³/mol. The van der Waals surface area contributed by atoms with Gasteiger partial charge in [0.2, 0.25) is 0 Å². The highest BCUT2D eigenvalue weighted by molar-refractivity contribution is 6.37. The Kier molecular flexibility index (Phi) is 6.22. The average molecular weight is 518 g/mol. The van der Waals surface area contributed by atoms with Crippen molar-refractivity contribution in [2.75, 3.05) is 7.11 Å². The lowest BCUT2D eigenvalue weighted by molar-refractivity contribution is -0.348. The molecule has 0 saturated heterocycles. The number of esters is 1. The number of rotatable bonds is 4. The highest BCUT2D eigenvalue weighted by Crippen LogP contribution is 2.54. The van der Waals surface area contributed by atoms with Gasteiger partial charge in [0.1, 0.15) is 11.4 Å². The van der Waals surface area contributed by atoms with Crippen molar-refractivity contribution in [3.63, 3.8) is 0 Å². The van der Waals surface area contributed by atoms with E-state index in [2.05, 4.69) is 9.84 Å². The van der Waals surface area contributed by atoms with Crippen LogP contribution in [-0.2, 0) is 17.5 Å². The van der Waals surface area contributed by atoms with Crippen LogP contribution in [0.2, 0.25) is 10.0 Å². The summed E-state index contributed by atoms with van der Waals surface area (Å²) in [5.41, 5.74) is -6.68. The fourth-order valence-electron chi connectivity index (χ4n) is 3.10. The number of benzene rings is 1. The summed E-state index contributed by atoms with van der Waals surface area (Å²) >= 11 is 11.8. The Morgan fingerprint density at radius 3 is 1.97 bits per heavy atom. The topological polar surface area (TPSA) is 49.0 Å². The number of hydrogen-bond donors (Lipinski definition) is 0. The molecule has 0 aliphatic carbocycles. The summed E-state index contributed by atoms with van der Waals surface area (Å²) in [6, 6.07) is 1.87. The number of carbonyl (C=O) groups is 1. The third-order valence-electron chi connectivity index (χ3n) is 4.74. The number of halogens is 9. The molecule has 14 heteroatoms. The van der Waals surface area contributed by atoms with E-state index in [1.165, 1.54) is 30.1 Å². The second kappa shape index (κ2) is 8.24. The lowest BCUT2D eigenvalue weighted by atomic mass is 9.94. The Bertz CT molecular complexity index is 1180. The predicted octanol–water partition coefficient (Wildman–Crippen LogP) is 6.26. The first-order valence-electron chi connectivity index (χ1n) is 8.73. The van der Waals surface area contributed by atoms with Gasteiger partial charge < -0.3 is 9.30 Å². The normalized spacial score (nSPS) is 12.8. The number of methoxy groups -OCH3 is 1. The maximum Gasteiger partial charge on any atom is 0.435 e. The molecule has 33 heavy (non-hydrogen) atoms. The van der Waals surface area contributed by atoms with Gasteiger partial charge in [-0.05, 0) is 18.2 Å². The third-order valence-corrected chi connectivity index (χ3v) is 5.32. The zero-order valence-corrected chi connectivity index (χ0v) is 18.0. The minimum absolute atomic E-state index is 0.197. The van der Waals surface area contributed by atoms with Crippen LogP contribution in [0.4, 0.5) is 30.7 Å². The third kappa shape index (κ3) is 4.17. The number of alkyl halides is 7. The summed E-state index contributed by atoms with van der Waals surface area (Å²) in [6.45, 7) is 0. The van der Waals surface area contributed by atoms with Crippen LogP contribution in [0.5, 0.6) is 0 Å². The molecule has 0 atom stereocenters. The molecule has 0 amide bonds. The standard InChI is InChI=1S/C19H12Cl2F7N3O2/c1-30-7-9(3-14(30)16(32)33-2)10-6-29-31(8-10)15-12(20)4-11(5-13(15)21)17(22,18(23,24)25)19(26,27)28/h3-8H,1-2H3. The number of nitrogens with zero attached hydrogens (tertiary/aromatic N) is 3. The van der Waals surface area contributed by atoms with Crippen LogP contribution in [0.1, 0.15) is 16.1 Å². The lowest BCUT2D eigenvalue weighted by Crippen LogP contribution is -2.50. The maximum atomic E-state index is 14.4. The van der Waals surface area contributed by atoms with Crippen LogP contribution in [0, 0.1) is 0 Å². The Morgan fingerprint density at radius 1 is 0.939 bits per heavy atom. The van der Waals surface area contributed by atoms with Crippen LogP contribution >= 0.6 is 23.2 Å². The summed E-state index contributed by atoms with van der Waals surface area (Å²) in [5, 5.41) is 2.56. The molecule has 0 N–H and O–H groups in total. The molecule has 178 valence electrons. The van der Waals surface area contributed by atoms with Crippen molar-refractivity contribution in [2.24, 2.45) is 7.05 Å². The first kappa shape index (κ1) is 24.9. The van der Waals surface area contributed by atoms with Crippen LogP contribution in [-0.4, -0.2) is 39.8 Å². The molecular weight excluding hydrogens is 506 g/mol. The van der Waals surface area contributed by atoms with E-state index in [0.717, 1.165) is 4.68 Å². The molecule has 0 spiro atoms. The van der Waals surface area contributed by atoms with Crippen molar-refractivity contribution in [3.05, 3.63) is 58.1 Å². The number of hydrogen-bond acceptors (Lipinski definition) is 3. The van der Waals surface area contributed by atoms with Crippen LogP contribution in [0.15, 0.2) is 36.8 Å². The monoisotopic (exact) mass is 517 g/mol. The molecule has 0 aliphatic rings. The SMILES string of the molecule is COC(=O)c1cc(-c2cnn(-c3c(Cl)cc(C(F)(C(F)(F)F)C(F)(F)F)cc3Cl)c2)cn1C. The molecule has 2 aromatic heterocycles. The number of carbonyl (C=O) groups excluding carboxylic acids is 1. The van der Waals surface area contributed by atoms with Crippen LogP contribution in [0.3, 0.4) is 0 Å². The summed E-state index contributed by atoms with van der Waals surface area (Å²) in [6.07, 6.45) is -8.46. The Balaban J connectivity index is 2.07. The molecule has 0 fully saturated rings. The van der Waals surface area contributed by atoms with Crippen molar-refractivity contribution in [3.8, 4) is 16.8 Å². The van der Waals surface area contributed by atoms with E-state index in [4.69, 9.17) is 23.2 Å². The number of aromatic nitrogens is 3. The molecule has 0 aliphatic heterocycles. The van der Waals surface area contributed by atoms with Gasteiger partial charge >= 0.3 is 24.0 Å². The van der Waals surface area contributed by atoms with E-state index in [9.17, 15) is 35.5 Å². The second-order valence-electron chi connectivity index (χ2n) is 6.83. The largest absolute Gasteiger partial charge is 0.464 e. The molecule has 0 saturated carbocycles. The highest BCUT2D eigenvalue weighted by atomic mass is 35.5. The van der Waals surface area contributed by atoms with E-state index in [1.807, 2.05) is 0 Å². The van der Waals surface area contributed by atoms with Gasteiger partial charge in [-0.3, -0.25) is 0 Å². The van der Waals surface area contributed by atoms with Gasteiger partial charge in [-0.2, -0.15) is 31.4 Å². The summed E-state index contributed by atoms with van der Waals surface area (Å²) in [4.78, 5) is 11.8. The van der Waals surface area contributed by atoms with Crippen LogP contribution in [0.25, 0.3) is 16.8 Å². The van der Waals surface area contributed by atoms with E-state index >= 15 is 0 Å². The lowest BCUT2D eigenvalue weighted by Gasteiger charge is -2.30. The van der Waals surface area contributed by atoms with Gasteiger partial charge in [0.15, 0.2) is 0 Å². The smallest absolute Gasteiger partial charge is 0.435 e. The highest BCUT2D eigenvalue weighted by Gasteiger charge is 2.73. The Morgan fingerprint density at radius 2 is 1.48 bits per heavy atom. The van der Waals surface area contributed by atoms with E-state index in [-0.39, 0.29) is 23.5 Å². The number of aryl methyl sites for hydroxylation is 1. The zero-order chi connectivity index (χ0) is 24.9. The molecular formula is C19H12Cl2F7N3O2. The van der Waals surface area contributed by atoms with Gasteiger partial charge in [0.25, 0.3) is 0 Å². The number of ether oxygens (including phenoxy) is 1. The fraction of sp³-hybridized carbons (Fsp3) is 0.263. The summed E-state index contributed by atoms with van der Waals surface area (Å²) in [5.74, 6) is -0.609. The van der Waals surface area contributed by atoms with Crippen molar-refractivity contribution < 1.29 is 40.3 Å². The first-order chi connectivity index (χ1) is 15.1. The van der Waals surface area contributed by atoms with E-state index in [0.29, 0.717) is 11.1 Å². The van der Waals surface area contributed by atoms with Crippen molar-refractivity contribution in [1.82, 2.24) is 14.3 Å². The van der Waals surface area contributed by atoms with Gasteiger partial charge in [-0.25, -0.2) is 13.9 Å². The first-order valence-corrected chi connectivity index (χ1v) is 9.49. The molecule has 5 nitrogen and oxygen atoms in total. The van der Waals surface area contributed by atoms with Gasteiger partial charge in [-0.1, -0.05) is 23.2 Å². The molecule has 0 radical (unpaired) electrons. The molecule has 3 aromatic rings. The second-order valence-corrected chi connectivity index (χ2v) is 7.65. The molecule has 0 bridgehead atoms. The maximum absolute atomic E-state index is 14.4. The van der Waals surface area contributed by atoms with E-state index in [1.54, 1.807) is 13.2 Å². The molecule has 3 rings (SSSR count). The van der Waals surface area contributed by atoms with Crippen molar-refractivity contribution in [2.45, 2.75) is 18.0 Å². The van der Waals surface area contributed by atoms with Crippen molar-refractivity contribution >= 4 is 29.2 Å². The fourth-order valence-corrected chi connectivity index (χ4v) is 3.76. The minimum atomic E-state index is -6.32. The summed E-state index contributed by atoms with van der Waals surface area (Å²) in [7, 11) is 2.78. The molecule has 1 aromatic carbocycles. The van der Waals surface area contributed by atoms with Gasteiger partial charge in [-0.15, -0.1) is 0 Å². The molecule has 0 unspecified atom stereocenters. The molecule has 2 heterocycles.